The predicted octanol–water partition coefficient (Wildman–Crippen LogP) is -0.0856. The summed E-state index contributed by atoms with van der Waals surface area (Å²) in [5, 5.41) is 4.26. The van der Waals surface area contributed by atoms with Crippen molar-refractivity contribution in [2.24, 2.45) is 19.5 Å². The molecule has 1 aliphatic rings. The third kappa shape index (κ3) is 2.95. The van der Waals surface area contributed by atoms with Gasteiger partial charge in [-0.15, -0.1) is 0 Å². The van der Waals surface area contributed by atoms with Gasteiger partial charge in [-0.05, 0) is 18.3 Å². The van der Waals surface area contributed by atoms with Gasteiger partial charge >= 0.3 is 11.7 Å². The summed E-state index contributed by atoms with van der Waals surface area (Å²) in [6.07, 6.45) is 2.25. The lowest BCUT2D eigenvalue weighted by molar-refractivity contribution is -0.141. The van der Waals surface area contributed by atoms with Crippen LogP contribution >= 0.6 is 11.8 Å². The molecule has 1 heterocycles. The Morgan fingerprint density at radius 3 is 2.60 bits per heavy atom. The van der Waals surface area contributed by atoms with Gasteiger partial charge in [0.25, 0.3) is 5.56 Å². The van der Waals surface area contributed by atoms with Crippen molar-refractivity contribution in [3.63, 3.8) is 0 Å². The van der Waals surface area contributed by atoms with E-state index in [1.165, 1.54) is 33.0 Å². The number of carbonyl (C=O) groups excluding carboxylic acids is 1. The second kappa shape index (κ2) is 5.43. The van der Waals surface area contributed by atoms with Crippen molar-refractivity contribution in [1.29, 1.82) is 0 Å². The van der Waals surface area contributed by atoms with Crippen molar-refractivity contribution in [3.05, 3.63) is 20.8 Å². The first-order chi connectivity index (χ1) is 9.38. The van der Waals surface area contributed by atoms with Gasteiger partial charge in [0.2, 0.25) is 0 Å². The number of hydrogen-bond acceptors (Lipinski definition) is 6. The zero-order valence-electron chi connectivity index (χ0n) is 11.7. The number of carbonyl (C=O) groups is 1. The van der Waals surface area contributed by atoms with Crippen LogP contribution in [0.1, 0.15) is 19.3 Å². The molecule has 0 saturated heterocycles. The molecule has 1 fully saturated rings. The Kier molecular flexibility index (Phi) is 4.03. The quantitative estimate of drug-likeness (QED) is 0.558. The van der Waals surface area contributed by atoms with Crippen molar-refractivity contribution in [1.82, 2.24) is 14.3 Å². The van der Waals surface area contributed by atoms with E-state index in [1.807, 2.05) is 0 Å². The maximum absolute atomic E-state index is 11.9. The number of thioether (sulfide) groups is 1. The molecule has 0 unspecified atom stereocenters. The molecule has 1 aliphatic carbocycles. The topological polar surface area (TPSA) is 83.2 Å². The van der Waals surface area contributed by atoms with E-state index in [2.05, 4.69) is 9.84 Å². The molecule has 1 aromatic rings. The summed E-state index contributed by atoms with van der Waals surface area (Å²) in [7, 11) is 4.31. The van der Waals surface area contributed by atoms with Gasteiger partial charge < -0.3 is 4.74 Å². The van der Waals surface area contributed by atoms with E-state index in [9.17, 15) is 14.4 Å². The lowest BCUT2D eigenvalue weighted by Gasteiger charge is -2.12. The van der Waals surface area contributed by atoms with E-state index >= 15 is 0 Å². The van der Waals surface area contributed by atoms with Crippen LogP contribution in [-0.2, 0) is 23.6 Å². The van der Waals surface area contributed by atoms with Gasteiger partial charge in [0.1, 0.15) is 0 Å². The van der Waals surface area contributed by atoms with Crippen molar-refractivity contribution in [2.75, 3.05) is 12.9 Å². The minimum atomic E-state index is -0.449. The van der Waals surface area contributed by atoms with Crippen LogP contribution in [-0.4, -0.2) is 33.2 Å². The minimum Gasteiger partial charge on any atom is -0.469 e. The van der Waals surface area contributed by atoms with Crippen LogP contribution in [0.3, 0.4) is 0 Å². The van der Waals surface area contributed by atoms with Gasteiger partial charge in [0, 0.05) is 19.8 Å². The fourth-order valence-corrected chi connectivity index (χ4v) is 3.18. The highest BCUT2D eigenvalue weighted by Crippen LogP contribution is 2.51. The molecule has 0 N–H and O–H groups in total. The number of aromatic nitrogens is 3. The van der Waals surface area contributed by atoms with E-state index in [-0.39, 0.29) is 16.4 Å². The summed E-state index contributed by atoms with van der Waals surface area (Å²) in [4.78, 5) is 34.8. The maximum Gasteiger partial charge on any atom is 0.346 e. The molecule has 0 amide bonds. The van der Waals surface area contributed by atoms with Crippen LogP contribution in [0.15, 0.2) is 14.6 Å². The van der Waals surface area contributed by atoms with Crippen LogP contribution in [0.5, 0.6) is 0 Å². The molecule has 1 aromatic heterocycles. The standard InChI is InChI=1S/C12H17N3O4S/c1-14-10(17)9(13-15(2)11(14)18)20-7-12(4-5-12)6-8(16)19-3/h4-7H2,1-3H3. The molecule has 2 rings (SSSR count). The van der Waals surface area contributed by atoms with E-state index in [0.29, 0.717) is 12.2 Å². The van der Waals surface area contributed by atoms with Gasteiger partial charge in [-0.3, -0.25) is 14.2 Å². The summed E-state index contributed by atoms with van der Waals surface area (Å²) in [6, 6.07) is 0. The Labute approximate surface area is 119 Å². The Bertz CT molecular complexity index is 645. The van der Waals surface area contributed by atoms with E-state index in [1.54, 1.807) is 0 Å². The van der Waals surface area contributed by atoms with Crippen molar-refractivity contribution in [2.45, 2.75) is 24.3 Å². The SMILES string of the molecule is COC(=O)CC1(CSc2nn(C)c(=O)n(C)c2=O)CC1. The average molecular weight is 299 g/mol. The fourth-order valence-electron chi connectivity index (χ4n) is 1.91. The number of aryl methyl sites for hydroxylation is 1. The van der Waals surface area contributed by atoms with Crippen molar-refractivity contribution < 1.29 is 9.53 Å². The van der Waals surface area contributed by atoms with Gasteiger partial charge in [0.15, 0.2) is 5.03 Å². The summed E-state index contributed by atoms with van der Waals surface area (Å²) in [6.45, 7) is 0. The molecule has 110 valence electrons. The zero-order chi connectivity index (χ0) is 14.9. The normalized spacial score (nSPS) is 15.9. The molecule has 0 aliphatic heterocycles. The van der Waals surface area contributed by atoms with Crippen LogP contribution in [0.2, 0.25) is 0 Å². The lowest BCUT2D eigenvalue weighted by atomic mass is 10.1. The summed E-state index contributed by atoms with van der Waals surface area (Å²) < 4.78 is 6.86. The maximum atomic E-state index is 11.9. The molecular formula is C12H17N3O4S. The molecule has 1 saturated carbocycles. The molecule has 0 spiro atoms. The largest absolute Gasteiger partial charge is 0.469 e. The Morgan fingerprint density at radius 1 is 1.40 bits per heavy atom. The first kappa shape index (κ1) is 14.8. The van der Waals surface area contributed by atoms with Crippen molar-refractivity contribution in [3.8, 4) is 0 Å². The average Bonchev–Trinajstić information content (AvgIpc) is 3.19. The van der Waals surface area contributed by atoms with Crippen LogP contribution in [0.4, 0.5) is 0 Å². The Morgan fingerprint density at radius 2 is 2.05 bits per heavy atom. The molecule has 7 nitrogen and oxygen atoms in total. The number of methoxy groups -OCH3 is 1. The molecule has 8 heteroatoms. The highest BCUT2D eigenvalue weighted by atomic mass is 32.2. The second-order valence-corrected chi connectivity index (χ2v) is 6.08. The number of ether oxygens (including phenoxy) is 1. The number of hydrogen-bond donors (Lipinski definition) is 0. The Balaban J connectivity index is 2.11. The molecule has 0 aromatic carbocycles. The van der Waals surface area contributed by atoms with Gasteiger partial charge in [0.05, 0.1) is 13.5 Å². The molecule has 0 atom stereocenters. The molecule has 0 radical (unpaired) electrons. The smallest absolute Gasteiger partial charge is 0.346 e. The third-order valence-electron chi connectivity index (χ3n) is 3.51. The third-order valence-corrected chi connectivity index (χ3v) is 4.80. The first-order valence-electron chi connectivity index (χ1n) is 6.22. The fraction of sp³-hybridized carbons (Fsp3) is 0.667. The summed E-state index contributed by atoms with van der Waals surface area (Å²) in [5.41, 5.74) is -0.930. The Hall–Kier alpha value is -1.57. The highest BCUT2D eigenvalue weighted by molar-refractivity contribution is 7.99. The van der Waals surface area contributed by atoms with E-state index in [4.69, 9.17) is 0 Å². The van der Waals surface area contributed by atoms with Gasteiger partial charge in [-0.1, -0.05) is 11.8 Å². The zero-order valence-corrected chi connectivity index (χ0v) is 12.5. The van der Waals surface area contributed by atoms with Crippen LogP contribution < -0.4 is 11.2 Å². The monoisotopic (exact) mass is 299 g/mol. The van der Waals surface area contributed by atoms with E-state index < -0.39 is 11.2 Å². The molecule has 20 heavy (non-hydrogen) atoms. The van der Waals surface area contributed by atoms with Gasteiger partial charge in [-0.25, -0.2) is 9.48 Å². The number of nitrogens with zero attached hydrogens (tertiary/aromatic N) is 3. The highest BCUT2D eigenvalue weighted by Gasteiger charge is 2.44. The van der Waals surface area contributed by atoms with E-state index in [0.717, 1.165) is 22.1 Å². The molecule has 0 bridgehead atoms. The van der Waals surface area contributed by atoms with Crippen LogP contribution in [0, 0.1) is 5.41 Å². The number of rotatable bonds is 5. The lowest BCUT2D eigenvalue weighted by Crippen LogP contribution is -2.39. The number of esters is 1. The molecular weight excluding hydrogens is 282 g/mol. The van der Waals surface area contributed by atoms with Crippen molar-refractivity contribution >= 4 is 17.7 Å². The van der Waals surface area contributed by atoms with Crippen LogP contribution in [0.25, 0.3) is 0 Å². The summed E-state index contributed by atoms with van der Waals surface area (Å²) in [5.74, 6) is 0.396. The second-order valence-electron chi connectivity index (χ2n) is 5.12. The predicted molar refractivity (Wildman–Crippen MR) is 73.7 cm³/mol. The minimum absolute atomic E-state index is 0.0842. The van der Waals surface area contributed by atoms with Gasteiger partial charge in [-0.2, -0.15) is 5.10 Å². The summed E-state index contributed by atoms with van der Waals surface area (Å²) >= 11 is 1.29. The first-order valence-corrected chi connectivity index (χ1v) is 7.21.